The monoisotopic (exact) mass is 307 g/mol. The number of rotatable bonds is 4. The molecule has 0 aromatic heterocycles. The molecule has 0 bridgehead atoms. The van der Waals surface area contributed by atoms with Crippen LogP contribution in [-0.2, 0) is 4.79 Å². The van der Waals surface area contributed by atoms with Crippen molar-refractivity contribution in [1.29, 1.82) is 0 Å². The fraction of sp³-hybridized carbons (Fsp3) is 0.588. The van der Waals surface area contributed by atoms with Crippen molar-refractivity contribution in [1.82, 2.24) is 5.32 Å². The number of halogens is 1. The summed E-state index contributed by atoms with van der Waals surface area (Å²) in [5.74, 6) is -0.178. The molecule has 0 atom stereocenters. The van der Waals surface area contributed by atoms with Crippen LogP contribution in [0.5, 0.6) is 0 Å². The predicted octanol–water partition coefficient (Wildman–Crippen LogP) is 3.82. The molecule has 2 fully saturated rings. The van der Waals surface area contributed by atoms with E-state index in [1.54, 1.807) is 0 Å². The van der Waals surface area contributed by atoms with Gasteiger partial charge in [-0.25, -0.2) is 0 Å². The first-order chi connectivity index (χ1) is 10.1. The molecule has 0 aliphatic heterocycles. The molecule has 0 spiro atoms. The van der Waals surface area contributed by atoms with E-state index in [0.29, 0.717) is 18.0 Å². The van der Waals surface area contributed by atoms with Gasteiger partial charge < -0.3 is 10.4 Å². The zero-order chi connectivity index (χ0) is 14.8. The third kappa shape index (κ3) is 3.41. The molecule has 3 nitrogen and oxygen atoms in total. The van der Waals surface area contributed by atoms with Crippen LogP contribution >= 0.6 is 11.6 Å². The molecule has 4 heteroatoms. The minimum absolute atomic E-state index is 0.125. The summed E-state index contributed by atoms with van der Waals surface area (Å²) < 4.78 is 0. The molecule has 3 rings (SSSR count). The topological polar surface area (TPSA) is 49.3 Å². The summed E-state index contributed by atoms with van der Waals surface area (Å²) in [5.41, 5.74) is 1.27. The first-order valence-corrected chi connectivity index (χ1v) is 8.24. The molecule has 0 unspecified atom stereocenters. The molecule has 21 heavy (non-hydrogen) atoms. The largest absolute Gasteiger partial charge is 0.481 e. The number of nitrogens with one attached hydrogen (secondary N) is 1. The van der Waals surface area contributed by atoms with Crippen LogP contribution in [0.4, 0.5) is 0 Å². The Morgan fingerprint density at radius 2 is 1.76 bits per heavy atom. The van der Waals surface area contributed by atoms with Crippen molar-refractivity contribution in [3.8, 4) is 0 Å². The summed E-state index contributed by atoms with van der Waals surface area (Å²) in [7, 11) is 0. The number of aliphatic carboxylic acids is 1. The van der Waals surface area contributed by atoms with Crippen molar-refractivity contribution in [2.75, 3.05) is 0 Å². The number of carbonyl (C=O) groups is 1. The Hall–Kier alpha value is -1.06. The summed E-state index contributed by atoms with van der Waals surface area (Å²) in [5, 5.41) is 13.6. The predicted molar refractivity (Wildman–Crippen MR) is 83.7 cm³/mol. The lowest BCUT2D eigenvalue weighted by Gasteiger charge is -2.40. The van der Waals surface area contributed by atoms with Crippen molar-refractivity contribution < 1.29 is 9.90 Å². The van der Waals surface area contributed by atoms with Crippen LogP contribution in [0, 0.1) is 5.92 Å². The second-order valence-corrected chi connectivity index (χ2v) is 6.85. The quantitative estimate of drug-likeness (QED) is 0.889. The highest BCUT2D eigenvalue weighted by Crippen LogP contribution is 2.40. The Labute approximate surface area is 130 Å². The van der Waals surface area contributed by atoms with Gasteiger partial charge in [-0.2, -0.15) is 0 Å². The second kappa shape index (κ2) is 6.37. The maximum atomic E-state index is 10.9. The van der Waals surface area contributed by atoms with Gasteiger partial charge in [-0.3, -0.25) is 4.79 Å². The molecule has 2 N–H and O–H groups in total. The number of hydrogen-bond donors (Lipinski definition) is 2. The molecule has 114 valence electrons. The van der Waals surface area contributed by atoms with Crippen LogP contribution in [-0.4, -0.2) is 23.2 Å². The van der Waals surface area contributed by atoms with Crippen molar-refractivity contribution in [3.05, 3.63) is 34.9 Å². The Morgan fingerprint density at radius 1 is 1.10 bits per heavy atom. The van der Waals surface area contributed by atoms with E-state index >= 15 is 0 Å². The van der Waals surface area contributed by atoms with Gasteiger partial charge in [0.2, 0.25) is 0 Å². The average Bonchev–Trinajstić information content (AvgIpc) is 2.44. The van der Waals surface area contributed by atoms with Crippen LogP contribution < -0.4 is 5.32 Å². The second-order valence-electron chi connectivity index (χ2n) is 6.44. The van der Waals surface area contributed by atoms with Gasteiger partial charge in [0.1, 0.15) is 0 Å². The smallest absolute Gasteiger partial charge is 0.306 e. The lowest BCUT2D eigenvalue weighted by Crippen LogP contribution is -2.47. The van der Waals surface area contributed by atoms with Gasteiger partial charge in [-0.1, -0.05) is 29.8 Å². The highest BCUT2D eigenvalue weighted by molar-refractivity contribution is 6.31. The van der Waals surface area contributed by atoms with E-state index in [4.69, 9.17) is 16.7 Å². The van der Waals surface area contributed by atoms with Crippen molar-refractivity contribution in [3.63, 3.8) is 0 Å². The standard InChI is InChI=1S/C17H22ClNO2/c18-16-4-2-1-3-15(16)12-9-14(10-12)19-13-7-5-11(6-8-13)17(20)21/h1-4,11-14,19H,5-10H2,(H,20,21). The SMILES string of the molecule is O=C(O)C1CCC(NC2CC(c3ccccc3Cl)C2)CC1. The first-order valence-electron chi connectivity index (χ1n) is 7.86. The summed E-state index contributed by atoms with van der Waals surface area (Å²) in [4.78, 5) is 10.9. The molecule has 0 amide bonds. The van der Waals surface area contributed by atoms with E-state index in [-0.39, 0.29) is 5.92 Å². The molecule has 0 heterocycles. The zero-order valence-electron chi connectivity index (χ0n) is 12.1. The van der Waals surface area contributed by atoms with E-state index in [1.807, 2.05) is 12.1 Å². The minimum atomic E-state index is -0.629. The fourth-order valence-electron chi connectivity index (χ4n) is 3.65. The number of benzene rings is 1. The van der Waals surface area contributed by atoms with Crippen molar-refractivity contribution in [2.24, 2.45) is 5.92 Å². The van der Waals surface area contributed by atoms with Gasteiger partial charge >= 0.3 is 5.97 Å². The molecule has 0 saturated heterocycles. The summed E-state index contributed by atoms with van der Waals surface area (Å²) >= 11 is 6.24. The molecule has 1 aromatic rings. The van der Waals surface area contributed by atoms with E-state index in [1.165, 1.54) is 5.56 Å². The van der Waals surface area contributed by atoms with Crippen LogP contribution in [0.1, 0.15) is 50.0 Å². The van der Waals surface area contributed by atoms with Crippen molar-refractivity contribution >= 4 is 17.6 Å². The zero-order valence-corrected chi connectivity index (χ0v) is 12.9. The van der Waals surface area contributed by atoms with Crippen LogP contribution in [0.2, 0.25) is 5.02 Å². The van der Waals surface area contributed by atoms with E-state index < -0.39 is 5.97 Å². The van der Waals surface area contributed by atoms with Gasteiger partial charge in [-0.05, 0) is 56.1 Å². The number of hydrogen-bond acceptors (Lipinski definition) is 2. The van der Waals surface area contributed by atoms with Gasteiger partial charge in [0.15, 0.2) is 0 Å². The van der Waals surface area contributed by atoms with Crippen LogP contribution in [0.3, 0.4) is 0 Å². The van der Waals surface area contributed by atoms with E-state index in [9.17, 15) is 4.79 Å². The Morgan fingerprint density at radius 3 is 2.38 bits per heavy atom. The summed E-state index contributed by atoms with van der Waals surface area (Å²) in [6, 6.07) is 9.18. The maximum Gasteiger partial charge on any atom is 0.306 e. The summed E-state index contributed by atoms with van der Waals surface area (Å²) in [6.07, 6.45) is 5.89. The number of carboxylic acid groups (broad SMARTS) is 1. The molecule has 2 saturated carbocycles. The Kier molecular flexibility index (Phi) is 4.51. The molecule has 2 aliphatic rings. The molecular weight excluding hydrogens is 286 g/mol. The van der Waals surface area contributed by atoms with Gasteiger partial charge in [0.05, 0.1) is 5.92 Å². The third-order valence-corrected chi connectivity index (χ3v) is 5.38. The Balaban J connectivity index is 1.44. The molecule has 1 aromatic carbocycles. The highest BCUT2D eigenvalue weighted by Gasteiger charge is 2.34. The lowest BCUT2D eigenvalue weighted by molar-refractivity contribution is -0.142. The number of carboxylic acids is 1. The minimum Gasteiger partial charge on any atom is -0.481 e. The van der Waals surface area contributed by atoms with Crippen LogP contribution in [0.15, 0.2) is 24.3 Å². The van der Waals surface area contributed by atoms with Gasteiger partial charge in [0.25, 0.3) is 0 Å². The van der Waals surface area contributed by atoms with E-state index in [2.05, 4.69) is 17.4 Å². The fourth-order valence-corrected chi connectivity index (χ4v) is 3.94. The normalized spacial score (nSPS) is 32.4. The summed E-state index contributed by atoms with van der Waals surface area (Å²) in [6.45, 7) is 0. The Bertz CT molecular complexity index is 505. The maximum absolute atomic E-state index is 10.9. The molecular formula is C17H22ClNO2. The third-order valence-electron chi connectivity index (χ3n) is 5.03. The van der Waals surface area contributed by atoms with Gasteiger partial charge in [-0.15, -0.1) is 0 Å². The average molecular weight is 308 g/mol. The molecule has 2 aliphatic carbocycles. The van der Waals surface area contributed by atoms with Crippen molar-refractivity contribution in [2.45, 2.75) is 56.5 Å². The van der Waals surface area contributed by atoms with E-state index in [0.717, 1.165) is 43.5 Å². The highest BCUT2D eigenvalue weighted by atomic mass is 35.5. The van der Waals surface area contributed by atoms with Gasteiger partial charge in [0, 0.05) is 17.1 Å². The first kappa shape index (κ1) is 14.9. The van der Waals surface area contributed by atoms with Crippen LogP contribution in [0.25, 0.3) is 0 Å². The lowest BCUT2D eigenvalue weighted by atomic mass is 9.75. The molecule has 0 radical (unpaired) electrons.